The molecule has 1 saturated heterocycles. The van der Waals surface area contributed by atoms with E-state index in [9.17, 15) is 9.59 Å². The Labute approximate surface area is 154 Å². The molecule has 2 aliphatic rings. The first kappa shape index (κ1) is 19.5. The Kier molecular flexibility index (Phi) is 6.30. The number of hydrogen-bond acceptors (Lipinski definition) is 3. The molecule has 7 heteroatoms. The number of benzene rings is 1. The lowest BCUT2D eigenvalue weighted by Gasteiger charge is -2.23. The van der Waals surface area contributed by atoms with Crippen LogP contribution in [0.3, 0.4) is 0 Å². The summed E-state index contributed by atoms with van der Waals surface area (Å²) in [7, 11) is 0. The summed E-state index contributed by atoms with van der Waals surface area (Å²) >= 11 is 0. The molecule has 4 N–H and O–H groups in total. The molecule has 1 spiro atoms. The van der Waals surface area contributed by atoms with Gasteiger partial charge in [0.25, 0.3) is 0 Å². The summed E-state index contributed by atoms with van der Waals surface area (Å²) in [5, 5.41) is 11.9. The summed E-state index contributed by atoms with van der Waals surface area (Å²) in [5.74, 6) is 0.268. The van der Waals surface area contributed by atoms with E-state index in [1.807, 2.05) is 26.0 Å². The molecule has 1 aliphatic carbocycles. The summed E-state index contributed by atoms with van der Waals surface area (Å²) in [6.07, 6.45) is 3.20. The Morgan fingerprint density at radius 2 is 1.64 bits per heavy atom. The third kappa shape index (κ3) is 4.86. The average molecular weight is 367 g/mol. The Balaban J connectivity index is 0.00000225. The highest BCUT2D eigenvalue weighted by Crippen LogP contribution is 2.58. The van der Waals surface area contributed by atoms with E-state index in [4.69, 9.17) is 0 Å². The molecular weight excluding hydrogens is 340 g/mol. The van der Waals surface area contributed by atoms with Gasteiger partial charge in [-0.3, -0.25) is 4.79 Å². The van der Waals surface area contributed by atoms with Crippen molar-refractivity contribution in [1.82, 2.24) is 10.6 Å². The minimum atomic E-state index is -0.229. The molecule has 3 rings (SSSR count). The van der Waals surface area contributed by atoms with Crippen molar-refractivity contribution in [3.05, 3.63) is 24.3 Å². The van der Waals surface area contributed by atoms with Crippen LogP contribution < -0.4 is 21.3 Å². The Bertz CT molecular complexity index is 612. The zero-order valence-corrected chi connectivity index (χ0v) is 15.5. The number of hydrogen-bond donors (Lipinski definition) is 4. The largest absolute Gasteiger partial charge is 0.336 e. The van der Waals surface area contributed by atoms with Crippen LogP contribution in [0.1, 0.15) is 33.1 Å². The van der Waals surface area contributed by atoms with Crippen molar-refractivity contribution < 1.29 is 9.59 Å². The number of nitrogens with one attached hydrogen (secondary N) is 4. The van der Waals surface area contributed by atoms with E-state index in [1.165, 1.54) is 0 Å². The van der Waals surface area contributed by atoms with Gasteiger partial charge in [0.2, 0.25) is 5.91 Å². The lowest BCUT2D eigenvalue weighted by molar-refractivity contribution is -0.118. The van der Waals surface area contributed by atoms with Crippen LogP contribution in [0.2, 0.25) is 0 Å². The van der Waals surface area contributed by atoms with Crippen molar-refractivity contribution in [3.8, 4) is 0 Å². The predicted molar refractivity (Wildman–Crippen MR) is 102 cm³/mol. The maximum atomic E-state index is 12.4. The summed E-state index contributed by atoms with van der Waals surface area (Å²) in [6.45, 7) is 5.85. The van der Waals surface area contributed by atoms with Crippen molar-refractivity contribution in [1.29, 1.82) is 0 Å². The van der Waals surface area contributed by atoms with Crippen LogP contribution in [0.25, 0.3) is 0 Å². The van der Waals surface area contributed by atoms with E-state index in [0.29, 0.717) is 5.69 Å². The van der Waals surface area contributed by atoms with Crippen molar-refractivity contribution in [2.24, 2.45) is 11.3 Å². The topological polar surface area (TPSA) is 82.3 Å². The lowest BCUT2D eigenvalue weighted by Crippen LogP contribution is -2.34. The molecule has 25 heavy (non-hydrogen) atoms. The molecule has 0 aromatic heterocycles. The van der Waals surface area contributed by atoms with Gasteiger partial charge in [0.15, 0.2) is 0 Å². The SMILES string of the molecule is CC(C)NC(=O)Nc1ccc(NC(=O)C2CC23CCNCC3)cc1.Cl. The summed E-state index contributed by atoms with van der Waals surface area (Å²) in [5.41, 5.74) is 1.71. The van der Waals surface area contributed by atoms with Crippen LogP contribution in [0.5, 0.6) is 0 Å². The Morgan fingerprint density at radius 1 is 1.08 bits per heavy atom. The van der Waals surface area contributed by atoms with E-state index in [-0.39, 0.29) is 41.7 Å². The fourth-order valence-corrected chi connectivity index (χ4v) is 3.49. The van der Waals surface area contributed by atoms with Crippen LogP contribution in [0, 0.1) is 11.3 Å². The van der Waals surface area contributed by atoms with Gasteiger partial charge in [0, 0.05) is 23.3 Å². The molecule has 1 aromatic rings. The number of halogens is 1. The first-order valence-electron chi connectivity index (χ1n) is 8.68. The van der Waals surface area contributed by atoms with Crippen LogP contribution >= 0.6 is 12.4 Å². The molecule has 0 bridgehead atoms. The number of urea groups is 1. The van der Waals surface area contributed by atoms with E-state index in [2.05, 4.69) is 21.3 Å². The molecule has 1 unspecified atom stereocenters. The normalized spacial score (nSPS) is 20.5. The highest BCUT2D eigenvalue weighted by atomic mass is 35.5. The maximum Gasteiger partial charge on any atom is 0.319 e. The number of amides is 3. The van der Waals surface area contributed by atoms with Gasteiger partial charge in [-0.25, -0.2) is 4.79 Å². The first-order chi connectivity index (χ1) is 11.5. The van der Waals surface area contributed by atoms with Gasteiger partial charge in [-0.15, -0.1) is 12.4 Å². The average Bonchev–Trinajstić information content (AvgIpc) is 3.22. The second-order valence-electron chi connectivity index (χ2n) is 7.19. The van der Waals surface area contributed by atoms with E-state index < -0.39 is 0 Å². The quantitative estimate of drug-likeness (QED) is 0.661. The molecular formula is C18H27ClN4O2. The molecule has 0 radical (unpaired) electrons. The van der Waals surface area contributed by atoms with E-state index in [0.717, 1.165) is 38.0 Å². The minimum Gasteiger partial charge on any atom is -0.336 e. The standard InChI is InChI=1S/C18H26N4O2.ClH/c1-12(2)20-17(24)22-14-5-3-13(4-6-14)21-16(23)15-11-18(15)7-9-19-10-8-18;/h3-6,12,15,19H,7-11H2,1-2H3,(H,21,23)(H2,20,22,24);1H. The fourth-order valence-electron chi connectivity index (χ4n) is 3.49. The Morgan fingerprint density at radius 3 is 2.20 bits per heavy atom. The van der Waals surface area contributed by atoms with Crippen molar-refractivity contribution in [2.45, 2.75) is 39.2 Å². The van der Waals surface area contributed by atoms with Gasteiger partial charge in [-0.05, 0) is 75.9 Å². The number of carbonyl (C=O) groups excluding carboxylic acids is 2. The van der Waals surface area contributed by atoms with E-state index in [1.54, 1.807) is 12.1 Å². The molecule has 6 nitrogen and oxygen atoms in total. The highest BCUT2D eigenvalue weighted by Gasteiger charge is 2.57. The zero-order chi connectivity index (χ0) is 17.2. The van der Waals surface area contributed by atoms with Gasteiger partial charge < -0.3 is 21.3 Å². The van der Waals surface area contributed by atoms with Crippen molar-refractivity contribution in [3.63, 3.8) is 0 Å². The molecule has 1 saturated carbocycles. The molecule has 2 fully saturated rings. The predicted octanol–water partition coefficient (Wildman–Crippen LogP) is 2.97. The zero-order valence-electron chi connectivity index (χ0n) is 14.7. The highest BCUT2D eigenvalue weighted by molar-refractivity contribution is 5.95. The summed E-state index contributed by atoms with van der Waals surface area (Å²) in [6, 6.07) is 7.09. The van der Waals surface area contributed by atoms with Gasteiger partial charge in [-0.1, -0.05) is 0 Å². The molecule has 1 heterocycles. The molecule has 138 valence electrons. The lowest BCUT2D eigenvalue weighted by atomic mass is 9.92. The number of rotatable bonds is 4. The Hall–Kier alpha value is -1.79. The third-order valence-electron chi connectivity index (χ3n) is 4.94. The smallest absolute Gasteiger partial charge is 0.319 e. The summed E-state index contributed by atoms with van der Waals surface area (Å²) < 4.78 is 0. The van der Waals surface area contributed by atoms with Crippen LogP contribution in [0.4, 0.5) is 16.2 Å². The van der Waals surface area contributed by atoms with Crippen LogP contribution in [-0.4, -0.2) is 31.1 Å². The fraction of sp³-hybridized carbons (Fsp3) is 0.556. The summed E-state index contributed by atoms with van der Waals surface area (Å²) in [4.78, 5) is 24.1. The van der Waals surface area contributed by atoms with Gasteiger partial charge in [0.1, 0.15) is 0 Å². The van der Waals surface area contributed by atoms with E-state index >= 15 is 0 Å². The minimum absolute atomic E-state index is 0. The van der Waals surface area contributed by atoms with Crippen molar-refractivity contribution in [2.75, 3.05) is 23.7 Å². The van der Waals surface area contributed by atoms with Gasteiger partial charge in [-0.2, -0.15) is 0 Å². The molecule has 1 aliphatic heterocycles. The molecule has 3 amide bonds. The molecule has 1 atom stereocenters. The van der Waals surface area contributed by atoms with Gasteiger partial charge >= 0.3 is 6.03 Å². The number of carbonyl (C=O) groups is 2. The second kappa shape index (κ2) is 8.06. The van der Waals surface area contributed by atoms with Gasteiger partial charge in [0.05, 0.1) is 0 Å². The maximum absolute atomic E-state index is 12.4. The first-order valence-corrected chi connectivity index (χ1v) is 8.68. The monoisotopic (exact) mass is 366 g/mol. The van der Waals surface area contributed by atoms with Crippen molar-refractivity contribution >= 4 is 35.7 Å². The molecule has 1 aromatic carbocycles. The number of piperidine rings is 1. The number of anilines is 2. The third-order valence-corrected chi connectivity index (χ3v) is 4.94. The van der Waals surface area contributed by atoms with Crippen LogP contribution in [-0.2, 0) is 4.79 Å². The van der Waals surface area contributed by atoms with Crippen LogP contribution in [0.15, 0.2) is 24.3 Å². The second-order valence-corrected chi connectivity index (χ2v) is 7.19.